The lowest BCUT2D eigenvalue weighted by molar-refractivity contribution is -0.133. The third-order valence-electron chi connectivity index (χ3n) is 6.27. The van der Waals surface area contributed by atoms with E-state index in [1.165, 1.54) is 25.3 Å². The summed E-state index contributed by atoms with van der Waals surface area (Å²) in [6, 6.07) is 19.5. The van der Waals surface area contributed by atoms with Crippen LogP contribution in [-0.4, -0.2) is 58.6 Å². The molecule has 0 saturated carbocycles. The van der Waals surface area contributed by atoms with Crippen molar-refractivity contribution in [1.82, 2.24) is 9.62 Å². The Morgan fingerprint density at radius 3 is 2.31 bits per heavy atom. The quantitative estimate of drug-likeness (QED) is 0.502. The van der Waals surface area contributed by atoms with Crippen molar-refractivity contribution in [2.24, 2.45) is 0 Å². The van der Waals surface area contributed by atoms with Crippen molar-refractivity contribution < 1.29 is 22.3 Å². The molecule has 1 aliphatic rings. The second-order valence-corrected chi connectivity index (χ2v) is 10.5. The molecule has 1 aliphatic heterocycles. The summed E-state index contributed by atoms with van der Waals surface area (Å²) < 4.78 is 48.0. The van der Waals surface area contributed by atoms with Crippen molar-refractivity contribution in [1.29, 1.82) is 0 Å². The molecule has 0 radical (unpaired) electrons. The normalized spacial score (nSPS) is 15.0. The first-order chi connectivity index (χ1) is 17.3. The van der Waals surface area contributed by atoms with Crippen molar-refractivity contribution in [2.45, 2.75) is 24.3 Å². The van der Waals surface area contributed by atoms with E-state index in [4.69, 9.17) is 4.74 Å². The first-order valence-corrected chi connectivity index (χ1v) is 13.3. The second-order valence-electron chi connectivity index (χ2n) is 8.81. The third kappa shape index (κ3) is 6.03. The molecule has 0 spiro atoms. The number of hydrogen-bond acceptors (Lipinski definition) is 5. The largest absolute Gasteiger partial charge is 0.495 e. The van der Waals surface area contributed by atoms with Gasteiger partial charge in [0.15, 0.2) is 0 Å². The number of nitrogens with zero attached hydrogens (tertiary/aromatic N) is 2. The van der Waals surface area contributed by atoms with E-state index in [1.807, 2.05) is 30.3 Å². The number of carbonyl (C=O) groups is 1. The number of benzene rings is 3. The van der Waals surface area contributed by atoms with Crippen LogP contribution < -0.4 is 14.4 Å². The van der Waals surface area contributed by atoms with Crippen LogP contribution in [0.3, 0.4) is 0 Å². The van der Waals surface area contributed by atoms with Crippen molar-refractivity contribution >= 4 is 21.6 Å². The van der Waals surface area contributed by atoms with Crippen LogP contribution in [0.5, 0.6) is 5.75 Å². The van der Waals surface area contributed by atoms with Crippen LogP contribution in [0.4, 0.5) is 10.1 Å². The summed E-state index contributed by atoms with van der Waals surface area (Å²) in [6.07, 6.45) is 0.214. The number of carbonyl (C=O) groups excluding carboxylic acids is 1. The molecule has 1 amide bonds. The van der Waals surface area contributed by atoms with Gasteiger partial charge in [-0.05, 0) is 60.9 Å². The van der Waals surface area contributed by atoms with Gasteiger partial charge < -0.3 is 14.5 Å². The zero-order valence-electron chi connectivity index (χ0n) is 20.4. The standard InChI is InChI=1S/C27H30FN3O4S/c1-20-8-13-25(35-2)26(18-20)36(33,34)29-24(19-21-6-4-3-5-7-21)27(32)31-16-14-30(15-17-31)23-11-9-22(28)10-12-23/h3-13,18,24,29H,14-17,19H2,1-2H3. The number of sulfonamides is 1. The number of piperazine rings is 1. The Morgan fingerprint density at radius 2 is 1.67 bits per heavy atom. The summed E-state index contributed by atoms with van der Waals surface area (Å²) in [5, 5.41) is 0. The van der Waals surface area contributed by atoms with Crippen molar-refractivity contribution in [3.05, 3.63) is 89.7 Å². The van der Waals surface area contributed by atoms with Crippen LogP contribution >= 0.6 is 0 Å². The van der Waals surface area contributed by atoms with Crippen LogP contribution in [0, 0.1) is 12.7 Å². The molecule has 4 rings (SSSR count). The minimum absolute atomic E-state index is 0.00279. The molecule has 1 saturated heterocycles. The number of rotatable bonds is 8. The Morgan fingerprint density at radius 1 is 1.00 bits per heavy atom. The molecule has 3 aromatic carbocycles. The number of amides is 1. The van der Waals surface area contributed by atoms with E-state index in [0.29, 0.717) is 26.2 Å². The molecule has 0 bridgehead atoms. The van der Waals surface area contributed by atoms with E-state index < -0.39 is 16.1 Å². The van der Waals surface area contributed by atoms with Crippen molar-refractivity contribution in [2.75, 3.05) is 38.2 Å². The van der Waals surface area contributed by atoms with Gasteiger partial charge in [-0.3, -0.25) is 4.79 Å². The fraction of sp³-hybridized carbons (Fsp3) is 0.296. The summed E-state index contributed by atoms with van der Waals surface area (Å²) >= 11 is 0. The van der Waals surface area contributed by atoms with Crippen LogP contribution in [-0.2, 0) is 21.2 Å². The number of anilines is 1. The van der Waals surface area contributed by atoms with Gasteiger partial charge in [-0.2, -0.15) is 4.72 Å². The molecular weight excluding hydrogens is 481 g/mol. The maximum absolute atomic E-state index is 13.6. The van der Waals surface area contributed by atoms with E-state index in [1.54, 1.807) is 36.1 Å². The SMILES string of the molecule is COc1ccc(C)cc1S(=O)(=O)NC(Cc1ccccc1)C(=O)N1CCN(c2ccc(F)cc2)CC1. The Bertz CT molecular complexity index is 1290. The average molecular weight is 512 g/mol. The third-order valence-corrected chi connectivity index (χ3v) is 7.76. The number of ether oxygens (including phenoxy) is 1. The Balaban J connectivity index is 1.54. The van der Waals surface area contributed by atoms with Crippen LogP contribution in [0.15, 0.2) is 77.7 Å². The molecule has 190 valence electrons. The zero-order chi connectivity index (χ0) is 25.7. The monoisotopic (exact) mass is 511 g/mol. The second kappa shape index (κ2) is 11.1. The van der Waals surface area contributed by atoms with Gasteiger partial charge in [-0.25, -0.2) is 12.8 Å². The Labute approximate surface area is 211 Å². The van der Waals surface area contributed by atoms with Crippen LogP contribution in [0.1, 0.15) is 11.1 Å². The molecule has 1 unspecified atom stereocenters. The molecule has 0 aromatic heterocycles. The van der Waals surface area contributed by atoms with E-state index in [-0.39, 0.29) is 28.8 Å². The molecule has 3 aromatic rings. The molecule has 36 heavy (non-hydrogen) atoms. The molecule has 7 nitrogen and oxygen atoms in total. The maximum Gasteiger partial charge on any atom is 0.244 e. The fourth-order valence-corrected chi connectivity index (χ4v) is 5.77. The lowest BCUT2D eigenvalue weighted by atomic mass is 10.1. The predicted octanol–water partition coefficient (Wildman–Crippen LogP) is 3.38. The summed E-state index contributed by atoms with van der Waals surface area (Å²) in [5.41, 5.74) is 2.50. The minimum atomic E-state index is -4.05. The highest BCUT2D eigenvalue weighted by Crippen LogP contribution is 2.25. The van der Waals surface area contributed by atoms with Gasteiger partial charge in [0.25, 0.3) is 0 Å². The predicted molar refractivity (Wildman–Crippen MR) is 137 cm³/mol. The van der Waals surface area contributed by atoms with Gasteiger partial charge in [0, 0.05) is 31.9 Å². The number of methoxy groups -OCH3 is 1. The molecule has 0 aliphatic carbocycles. The molecule has 1 fully saturated rings. The van der Waals surface area contributed by atoms with Gasteiger partial charge in [-0.15, -0.1) is 0 Å². The summed E-state index contributed by atoms with van der Waals surface area (Å²) in [5.74, 6) is -0.367. The van der Waals surface area contributed by atoms with E-state index >= 15 is 0 Å². The topological polar surface area (TPSA) is 78.9 Å². The van der Waals surface area contributed by atoms with Gasteiger partial charge in [0.1, 0.15) is 22.5 Å². The highest BCUT2D eigenvalue weighted by atomic mass is 32.2. The van der Waals surface area contributed by atoms with Gasteiger partial charge in [-0.1, -0.05) is 36.4 Å². The maximum atomic E-state index is 13.6. The Hall–Kier alpha value is -3.43. The number of halogens is 1. The molecule has 1 atom stereocenters. The number of aryl methyl sites for hydroxylation is 1. The molecule has 9 heteroatoms. The van der Waals surface area contributed by atoms with Crippen LogP contribution in [0.25, 0.3) is 0 Å². The number of hydrogen-bond donors (Lipinski definition) is 1. The summed E-state index contributed by atoms with van der Waals surface area (Å²) in [6.45, 7) is 3.78. The fourth-order valence-electron chi connectivity index (χ4n) is 4.33. The molecule has 1 N–H and O–H groups in total. The lowest BCUT2D eigenvalue weighted by Crippen LogP contribution is -2.55. The first kappa shape index (κ1) is 25.7. The summed E-state index contributed by atoms with van der Waals surface area (Å²) in [4.78, 5) is 17.4. The van der Waals surface area contributed by atoms with Crippen molar-refractivity contribution in [3.63, 3.8) is 0 Å². The van der Waals surface area contributed by atoms with Gasteiger partial charge in [0.05, 0.1) is 7.11 Å². The zero-order valence-corrected chi connectivity index (χ0v) is 21.2. The molecule has 1 heterocycles. The van der Waals surface area contributed by atoms with Gasteiger partial charge >= 0.3 is 0 Å². The Kier molecular flexibility index (Phi) is 7.91. The summed E-state index contributed by atoms with van der Waals surface area (Å²) in [7, 11) is -2.64. The first-order valence-electron chi connectivity index (χ1n) is 11.8. The highest BCUT2D eigenvalue weighted by molar-refractivity contribution is 7.89. The highest BCUT2D eigenvalue weighted by Gasteiger charge is 2.32. The molecular formula is C27H30FN3O4S. The van der Waals surface area contributed by atoms with Gasteiger partial charge in [0.2, 0.25) is 15.9 Å². The smallest absolute Gasteiger partial charge is 0.244 e. The van der Waals surface area contributed by atoms with Crippen molar-refractivity contribution in [3.8, 4) is 5.75 Å². The van der Waals surface area contributed by atoms with E-state index in [9.17, 15) is 17.6 Å². The lowest BCUT2D eigenvalue weighted by Gasteiger charge is -2.37. The number of nitrogens with one attached hydrogen (secondary N) is 1. The average Bonchev–Trinajstić information content (AvgIpc) is 2.89. The van der Waals surface area contributed by atoms with Crippen LogP contribution in [0.2, 0.25) is 0 Å². The minimum Gasteiger partial charge on any atom is -0.495 e. The van der Waals surface area contributed by atoms with E-state index in [0.717, 1.165) is 16.8 Å². The van der Waals surface area contributed by atoms with E-state index in [2.05, 4.69) is 9.62 Å².